The highest BCUT2D eigenvalue weighted by Gasteiger charge is 2.53. The Kier molecular flexibility index (Phi) is 7.76. The van der Waals surface area contributed by atoms with Gasteiger partial charge in [-0.1, -0.05) is 30.3 Å². The minimum Gasteiger partial charge on any atom is -0.394 e. The van der Waals surface area contributed by atoms with Crippen LogP contribution in [0.15, 0.2) is 30.3 Å². The van der Waals surface area contributed by atoms with Crippen LogP contribution in [0.5, 0.6) is 0 Å². The molecule has 1 aliphatic heterocycles. The van der Waals surface area contributed by atoms with E-state index in [4.69, 9.17) is 14.2 Å². The number of hydrogen-bond donors (Lipinski definition) is 8. The van der Waals surface area contributed by atoms with Gasteiger partial charge in [-0.25, -0.2) is 0 Å². The Bertz CT molecular complexity index is 643. The van der Waals surface area contributed by atoms with E-state index < -0.39 is 73.9 Å². The molecule has 3 rings (SSSR count). The number of aliphatic hydroxyl groups excluding tert-OH is 8. The first kappa shape index (κ1) is 23.4. The van der Waals surface area contributed by atoms with Crippen LogP contribution in [0.4, 0.5) is 0 Å². The summed E-state index contributed by atoms with van der Waals surface area (Å²) in [6, 6.07) is 8.89. The molecule has 1 aromatic rings. The van der Waals surface area contributed by atoms with Crippen LogP contribution in [-0.2, 0) is 20.8 Å². The van der Waals surface area contributed by atoms with Gasteiger partial charge in [0.05, 0.1) is 13.2 Å². The molecular formula is C19H28O11. The van der Waals surface area contributed by atoms with E-state index in [1.165, 1.54) is 0 Å². The fraction of sp³-hybridized carbons (Fsp3) is 0.684. The maximum absolute atomic E-state index is 10.4. The van der Waals surface area contributed by atoms with Gasteiger partial charge in [-0.15, -0.1) is 0 Å². The molecule has 0 aromatic heterocycles. The van der Waals surface area contributed by atoms with Gasteiger partial charge in [0.1, 0.15) is 61.0 Å². The van der Waals surface area contributed by atoms with E-state index in [0.717, 1.165) is 5.56 Å². The van der Waals surface area contributed by atoms with Crippen molar-refractivity contribution < 1.29 is 55.1 Å². The van der Waals surface area contributed by atoms with E-state index in [1.54, 1.807) is 24.3 Å². The first-order valence-electron chi connectivity index (χ1n) is 9.60. The first-order valence-corrected chi connectivity index (χ1v) is 9.60. The van der Waals surface area contributed by atoms with Crippen molar-refractivity contribution in [3.8, 4) is 0 Å². The number of hydrogen-bond acceptors (Lipinski definition) is 11. The van der Waals surface area contributed by atoms with Crippen molar-refractivity contribution in [1.29, 1.82) is 0 Å². The van der Waals surface area contributed by atoms with E-state index in [1.807, 2.05) is 6.07 Å². The fourth-order valence-corrected chi connectivity index (χ4v) is 3.64. The molecule has 11 atom stereocenters. The van der Waals surface area contributed by atoms with E-state index in [-0.39, 0.29) is 6.61 Å². The molecule has 1 heterocycles. The monoisotopic (exact) mass is 432 g/mol. The molecule has 30 heavy (non-hydrogen) atoms. The molecule has 11 nitrogen and oxygen atoms in total. The van der Waals surface area contributed by atoms with Crippen LogP contribution in [0, 0.1) is 0 Å². The van der Waals surface area contributed by atoms with Gasteiger partial charge in [0.2, 0.25) is 0 Å². The molecule has 0 radical (unpaired) electrons. The lowest BCUT2D eigenvalue weighted by molar-refractivity contribution is -0.341. The maximum atomic E-state index is 10.4. The second-order valence-electron chi connectivity index (χ2n) is 7.52. The third-order valence-corrected chi connectivity index (χ3v) is 5.47. The Morgan fingerprint density at radius 3 is 1.83 bits per heavy atom. The van der Waals surface area contributed by atoms with Crippen LogP contribution in [0.1, 0.15) is 5.56 Å². The van der Waals surface area contributed by atoms with Crippen LogP contribution < -0.4 is 0 Å². The Balaban J connectivity index is 1.67. The molecule has 0 spiro atoms. The lowest BCUT2D eigenvalue weighted by atomic mass is 9.84. The molecule has 0 amide bonds. The Morgan fingerprint density at radius 2 is 1.27 bits per heavy atom. The van der Waals surface area contributed by atoms with Gasteiger partial charge >= 0.3 is 0 Å². The molecule has 1 aromatic carbocycles. The topological polar surface area (TPSA) is 190 Å². The van der Waals surface area contributed by atoms with Gasteiger partial charge in [0.15, 0.2) is 6.29 Å². The number of benzene rings is 1. The number of rotatable bonds is 6. The maximum Gasteiger partial charge on any atom is 0.187 e. The lowest BCUT2D eigenvalue weighted by Gasteiger charge is -2.46. The second-order valence-corrected chi connectivity index (χ2v) is 7.52. The van der Waals surface area contributed by atoms with Gasteiger partial charge < -0.3 is 55.1 Å². The molecule has 0 bridgehead atoms. The third-order valence-electron chi connectivity index (χ3n) is 5.47. The third kappa shape index (κ3) is 4.66. The summed E-state index contributed by atoms with van der Waals surface area (Å²) in [5.74, 6) is 0. The summed E-state index contributed by atoms with van der Waals surface area (Å²) >= 11 is 0. The summed E-state index contributed by atoms with van der Waals surface area (Å²) in [5, 5.41) is 80.6. The zero-order valence-corrected chi connectivity index (χ0v) is 16.0. The van der Waals surface area contributed by atoms with Gasteiger partial charge in [-0.3, -0.25) is 0 Å². The molecule has 2 fully saturated rings. The molecule has 1 saturated carbocycles. The van der Waals surface area contributed by atoms with Crippen LogP contribution >= 0.6 is 0 Å². The van der Waals surface area contributed by atoms with Crippen LogP contribution in [0.25, 0.3) is 0 Å². The Labute approximate surface area is 172 Å². The van der Waals surface area contributed by atoms with Gasteiger partial charge in [-0.2, -0.15) is 0 Å². The van der Waals surface area contributed by atoms with Crippen LogP contribution in [0.3, 0.4) is 0 Å². The normalized spacial score (nSPS) is 44.7. The summed E-state index contributed by atoms with van der Waals surface area (Å²) in [7, 11) is 0. The summed E-state index contributed by atoms with van der Waals surface area (Å²) in [6.45, 7) is -0.682. The average molecular weight is 432 g/mol. The van der Waals surface area contributed by atoms with Crippen molar-refractivity contribution in [3.63, 3.8) is 0 Å². The predicted molar refractivity (Wildman–Crippen MR) is 97.7 cm³/mol. The van der Waals surface area contributed by atoms with Gasteiger partial charge in [0, 0.05) is 0 Å². The lowest BCUT2D eigenvalue weighted by Crippen LogP contribution is -2.67. The molecule has 2 aliphatic rings. The van der Waals surface area contributed by atoms with Crippen molar-refractivity contribution in [2.24, 2.45) is 0 Å². The number of ether oxygens (including phenoxy) is 3. The summed E-state index contributed by atoms with van der Waals surface area (Å²) in [4.78, 5) is 0. The zero-order chi connectivity index (χ0) is 22.0. The van der Waals surface area contributed by atoms with E-state index in [0.29, 0.717) is 0 Å². The van der Waals surface area contributed by atoms with Crippen molar-refractivity contribution in [3.05, 3.63) is 35.9 Å². The largest absolute Gasteiger partial charge is 0.394 e. The standard InChI is InChI=1S/C19H28O11/c20-6-9-10(21)11(22)16(27)19(29-9)30-18-14(25)12(23)17(13(24)15(18)26)28-7-8-4-2-1-3-5-8/h1-5,9-27H,6-7H2/t9-,10-,11+,12-,13+,14-,15+,16-,17?,18?,19+/m1/s1. The molecule has 1 saturated heterocycles. The molecular weight excluding hydrogens is 404 g/mol. The fourth-order valence-electron chi connectivity index (χ4n) is 3.64. The highest BCUT2D eigenvalue weighted by Crippen LogP contribution is 2.30. The van der Waals surface area contributed by atoms with E-state index in [2.05, 4.69) is 0 Å². The van der Waals surface area contributed by atoms with Crippen molar-refractivity contribution >= 4 is 0 Å². The minimum absolute atomic E-state index is 0.0112. The smallest absolute Gasteiger partial charge is 0.187 e. The highest BCUT2D eigenvalue weighted by molar-refractivity contribution is 5.13. The summed E-state index contributed by atoms with van der Waals surface area (Å²) < 4.78 is 16.0. The molecule has 8 N–H and O–H groups in total. The Morgan fingerprint density at radius 1 is 0.700 bits per heavy atom. The zero-order valence-electron chi connectivity index (χ0n) is 16.0. The van der Waals surface area contributed by atoms with Gasteiger partial charge in [0.25, 0.3) is 0 Å². The number of aliphatic hydroxyl groups is 8. The van der Waals surface area contributed by atoms with Crippen molar-refractivity contribution in [2.75, 3.05) is 6.61 Å². The quantitative estimate of drug-likeness (QED) is 0.220. The Hall–Kier alpha value is -1.22. The van der Waals surface area contributed by atoms with Crippen molar-refractivity contribution in [1.82, 2.24) is 0 Å². The van der Waals surface area contributed by atoms with E-state index >= 15 is 0 Å². The molecule has 170 valence electrons. The minimum atomic E-state index is -1.77. The van der Waals surface area contributed by atoms with Crippen LogP contribution in [0.2, 0.25) is 0 Å². The average Bonchev–Trinajstić information content (AvgIpc) is 2.76. The van der Waals surface area contributed by atoms with Crippen molar-refractivity contribution in [2.45, 2.75) is 73.9 Å². The van der Waals surface area contributed by atoms with Gasteiger partial charge in [-0.05, 0) is 5.56 Å². The predicted octanol–water partition coefficient (Wildman–Crippen LogP) is -3.79. The summed E-state index contributed by atoms with van der Waals surface area (Å²) in [6.07, 6.45) is -17.8. The molecule has 11 heteroatoms. The highest BCUT2D eigenvalue weighted by atomic mass is 16.7. The molecule has 2 unspecified atom stereocenters. The summed E-state index contributed by atoms with van der Waals surface area (Å²) in [5.41, 5.74) is 0.751. The second kappa shape index (κ2) is 9.94. The SMILES string of the molecule is OC[C@H]1O[C@@H](OC2[C@@H](O)[C@H](O)C(OCc3ccccc3)[C@H](O)[C@H]2O)[C@H](O)[C@@H](O)[C@@H]1O. The van der Waals surface area contributed by atoms with Crippen LogP contribution in [-0.4, -0.2) is 115 Å². The molecule has 1 aliphatic carbocycles. The van der Waals surface area contributed by atoms with E-state index in [9.17, 15) is 40.9 Å². The first-order chi connectivity index (χ1) is 14.3.